The van der Waals surface area contributed by atoms with Crippen LogP contribution in [0.1, 0.15) is 5.56 Å². The van der Waals surface area contributed by atoms with Crippen LogP contribution in [0.15, 0.2) is 18.3 Å². The molecule has 3 N–H and O–H groups in total. The number of rotatable bonds is 4. The van der Waals surface area contributed by atoms with E-state index in [0.29, 0.717) is 6.54 Å². The second kappa shape index (κ2) is 4.45. The quantitative estimate of drug-likeness (QED) is 0.824. The van der Waals surface area contributed by atoms with Crippen molar-refractivity contribution >= 4 is 10.9 Å². The van der Waals surface area contributed by atoms with Crippen molar-refractivity contribution in [2.75, 3.05) is 20.8 Å². The predicted octanol–water partition coefficient (Wildman–Crippen LogP) is 1.69. The molecule has 16 heavy (non-hydrogen) atoms. The van der Waals surface area contributed by atoms with Crippen molar-refractivity contribution in [3.63, 3.8) is 0 Å². The fourth-order valence-electron chi connectivity index (χ4n) is 1.96. The molecule has 0 unspecified atom stereocenters. The van der Waals surface area contributed by atoms with Gasteiger partial charge in [-0.05, 0) is 30.7 Å². The number of nitrogens with one attached hydrogen (secondary N) is 1. The highest BCUT2D eigenvalue weighted by Gasteiger charge is 2.13. The fourth-order valence-corrected chi connectivity index (χ4v) is 1.96. The van der Waals surface area contributed by atoms with Gasteiger partial charge in [0.25, 0.3) is 0 Å². The first-order valence-electron chi connectivity index (χ1n) is 5.22. The normalized spacial score (nSPS) is 10.7. The Hall–Kier alpha value is -1.68. The minimum atomic E-state index is 0.618. The average molecular weight is 220 g/mol. The number of ether oxygens (including phenoxy) is 2. The second-order valence-corrected chi connectivity index (χ2v) is 3.58. The number of nitrogens with two attached hydrogens (primary N) is 1. The molecular formula is C12H16N2O2. The van der Waals surface area contributed by atoms with Gasteiger partial charge >= 0.3 is 0 Å². The summed E-state index contributed by atoms with van der Waals surface area (Å²) in [5.41, 5.74) is 7.79. The van der Waals surface area contributed by atoms with Crippen LogP contribution in [0.3, 0.4) is 0 Å². The molecule has 0 radical (unpaired) electrons. The zero-order valence-electron chi connectivity index (χ0n) is 9.54. The summed E-state index contributed by atoms with van der Waals surface area (Å²) in [5.74, 6) is 1.51. The first-order valence-corrected chi connectivity index (χ1v) is 5.22. The van der Waals surface area contributed by atoms with Gasteiger partial charge in [0.15, 0.2) is 11.5 Å². The number of H-pyrrole nitrogens is 1. The second-order valence-electron chi connectivity index (χ2n) is 3.58. The monoisotopic (exact) mass is 220 g/mol. The molecule has 2 rings (SSSR count). The van der Waals surface area contributed by atoms with E-state index in [-0.39, 0.29) is 0 Å². The summed E-state index contributed by atoms with van der Waals surface area (Å²) < 4.78 is 10.7. The number of benzene rings is 1. The Kier molecular flexibility index (Phi) is 3.01. The summed E-state index contributed by atoms with van der Waals surface area (Å²) in [6.07, 6.45) is 2.79. The van der Waals surface area contributed by atoms with E-state index in [9.17, 15) is 0 Å². The lowest BCUT2D eigenvalue weighted by molar-refractivity contribution is 0.358. The zero-order chi connectivity index (χ0) is 11.5. The number of hydrogen-bond acceptors (Lipinski definition) is 3. The van der Waals surface area contributed by atoms with E-state index in [2.05, 4.69) is 4.98 Å². The van der Waals surface area contributed by atoms with Gasteiger partial charge < -0.3 is 20.2 Å². The van der Waals surface area contributed by atoms with Gasteiger partial charge in [-0.2, -0.15) is 0 Å². The molecule has 4 nitrogen and oxygen atoms in total. The summed E-state index contributed by atoms with van der Waals surface area (Å²) in [6, 6.07) is 3.88. The highest BCUT2D eigenvalue weighted by atomic mass is 16.5. The molecule has 2 aromatic rings. The molecule has 1 aromatic carbocycles. The summed E-state index contributed by atoms with van der Waals surface area (Å²) in [4.78, 5) is 3.21. The van der Waals surface area contributed by atoms with Crippen LogP contribution in [0.5, 0.6) is 11.5 Å². The predicted molar refractivity (Wildman–Crippen MR) is 64.2 cm³/mol. The standard InChI is InChI=1S/C12H16N2O2/c1-15-10-4-3-9-11(12(10)16-2)8(5-6-13)7-14-9/h3-4,7,14H,5-6,13H2,1-2H3. The maximum atomic E-state index is 5.59. The molecule has 1 aromatic heterocycles. The van der Waals surface area contributed by atoms with Gasteiger partial charge in [0.05, 0.1) is 14.2 Å². The van der Waals surface area contributed by atoms with Crippen molar-refractivity contribution in [1.82, 2.24) is 4.98 Å². The molecule has 0 atom stereocenters. The van der Waals surface area contributed by atoms with Gasteiger partial charge in [0, 0.05) is 17.1 Å². The Morgan fingerprint density at radius 2 is 2.06 bits per heavy atom. The molecule has 1 heterocycles. The summed E-state index contributed by atoms with van der Waals surface area (Å²) in [7, 11) is 3.29. The topological polar surface area (TPSA) is 60.3 Å². The minimum Gasteiger partial charge on any atom is -0.493 e. The largest absolute Gasteiger partial charge is 0.493 e. The van der Waals surface area contributed by atoms with Crippen molar-refractivity contribution < 1.29 is 9.47 Å². The highest BCUT2D eigenvalue weighted by Crippen LogP contribution is 2.37. The van der Waals surface area contributed by atoms with Gasteiger partial charge in [-0.25, -0.2) is 0 Å². The van der Waals surface area contributed by atoms with Gasteiger partial charge in [-0.3, -0.25) is 0 Å². The van der Waals surface area contributed by atoms with Crippen molar-refractivity contribution in [2.45, 2.75) is 6.42 Å². The highest BCUT2D eigenvalue weighted by molar-refractivity contribution is 5.91. The van der Waals surface area contributed by atoms with E-state index in [4.69, 9.17) is 15.2 Å². The molecule has 0 spiro atoms. The van der Waals surface area contributed by atoms with Crippen LogP contribution in [0, 0.1) is 0 Å². The van der Waals surface area contributed by atoms with Crippen molar-refractivity contribution in [1.29, 1.82) is 0 Å². The number of aromatic amines is 1. The van der Waals surface area contributed by atoms with E-state index in [1.54, 1.807) is 14.2 Å². The molecule has 0 amide bonds. The van der Waals surface area contributed by atoms with Crippen molar-refractivity contribution in [2.24, 2.45) is 5.73 Å². The molecule has 0 bridgehead atoms. The zero-order valence-corrected chi connectivity index (χ0v) is 9.54. The van der Waals surface area contributed by atoms with Gasteiger partial charge in [-0.1, -0.05) is 0 Å². The Balaban J connectivity index is 2.67. The Morgan fingerprint density at radius 1 is 1.25 bits per heavy atom. The van der Waals surface area contributed by atoms with Crippen LogP contribution in [-0.4, -0.2) is 25.7 Å². The van der Waals surface area contributed by atoms with Crippen LogP contribution in [0.4, 0.5) is 0 Å². The lowest BCUT2D eigenvalue weighted by Crippen LogP contribution is -2.02. The smallest absolute Gasteiger partial charge is 0.170 e. The summed E-state index contributed by atoms with van der Waals surface area (Å²) in [6.45, 7) is 0.618. The van der Waals surface area contributed by atoms with E-state index in [1.165, 1.54) is 0 Å². The van der Waals surface area contributed by atoms with Crippen molar-refractivity contribution in [3.05, 3.63) is 23.9 Å². The van der Waals surface area contributed by atoms with Crippen molar-refractivity contribution in [3.8, 4) is 11.5 Å². The van der Waals surface area contributed by atoms with E-state index in [0.717, 1.165) is 34.4 Å². The number of methoxy groups -OCH3 is 2. The third-order valence-electron chi connectivity index (χ3n) is 2.68. The van der Waals surface area contributed by atoms with E-state index >= 15 is 0 Å². The maximum absolute atomic E-state index is 5.59. The minimum absolute atomic E-state index is 0.618. The van der Waals surface area contributed by atoms with Crippen LogP contribution in [0.25, 0.3) is 10.9 Å². The van der Waals surface area contributed by atoms with Gasteiger partial charge in [-0.15, -0.1) is 0 Å². The molecule has 4 heteroatoms. The lowest BCUT2D eigenvalue weighted by Gasteiger charge is -2.09. The van der Waals surface area contributed by atoms with Gasteiger partial charge in [0.1, 0.15) is 0 Å². The first-order chi connectivity index (χ1) is 7.81. The van der Waals surface area contributed by atoms with Crippen LogP contribution in [0.2, 0.25) is 0 Å². The fraction of sp³-hybridized carbons (Fsp3) is 0.333. The molecule has 0 fully saturated rings. The molecular weight excluding hydrogens is 204 g/mol. The Labute approximate surface area is 94.3 Å². The van der Waals surface area contributed by atoms with Crippen LogP contribution >= 0.6 is 0 Å². The molecule has 0 saturated carbocycles. The number of hydrogen-bond donors (Lipinski definition) is 2. The SMILES string of the molecule is COc1ccc2[nH]cc(CCN)c2c1OC. The first kappa shape index (κ1) is 10.8. The summed E-state index contributed by atoms with van der Waals surface area (Å²) in [5, 5.41) is 1.06. The van der Waals surface area contributed by atoms with E-state index < -0.39 is 0 Å². The lowest BCUT2D eigenvalue weighted by atomic mass is 10.1. The molecule has 86 valence electrons. The maximum Gasteiger partial charge on any atom is 0.170 e. The third kappa shape index (κ3) is 1.61. The Bertz CT molecular complexity index is 491. The molecule has 0 aliphatic heterocycles. The third-order valence-corrected chi connectivity index (χ3v) is 2.68. The summed E-state index contributed by atoms with van der Waals surface area (Å²) >= 11 is 0. The van der Waals surface area contributed by atoms with E-state index in [1.807, 2.05) is 18.3 Å². The molecule has 0 aliphatic rings. The molecule has 0 saturated heterocycles. The van der Waals surface area contributed by atoms with Crippen LogP contribution in [-0.2, 0) is 6.42 Å². The molecule has 0 aliphatic carbocycles. The van der Waals surface area contributed by atoms with Crippen LogP contribution < -0.4 is 15.2 Å². The van der Waals surface area contributed by atoms with Gasteiger partial charge in [0.2, 0.25) is 0 Å². The Morgan fingerprint density at radius 3 is 2.69 bits per heavy atom. The number of fused-ring (bicyclic) bond motifs is 1. The number of aromatic nitrogens is 1. The average Bonchev–Trinajstić information content (AvgIpc) is 2.72.